The van der Waals surface area contributed by atoms with Crippen molar-refractivity contribution in [1.29, 1.82) is 0 Å². The van der Waals surface area contributed by atoms with Crippen molar-refractivity contribution in [3.05, 3.63) is 18.0 Å². The van der Waals surface area contributed by atoms with Gasteiger partial charge in [0.1, 0.15) is 10.6 Å². The van der Waals surface area contributed by atoms with E-state index in [0.717, 1.165) is 0 Å². The molecule has 0 aliphatic heterocycles. The lowest BCUT2D eigenvalue weighted by atomic mass is 10.0. The van der Waals surface area contributed by atoms with Crippen LogP contribution < -0.4 is 10.0 Å². The maximum Gasteiger partial charge on any atom is 0.308 e. The lowest BCUT2D eigenvalue weighted by molar-refractivity contribution is -0.141. The van der Waals surface area contributed by atoms with Gasteiger partial charge in [-0.3, -0.25) is 9.59 Å². The molecule has 0 bridgehead atoms. The maximum atomic E-state index is 12.1. The minimum absolute atomic E-state index is 0.0309. The number of carbonyl (C=O) groups is 2. The topological polar surface area (TPSA) is 118 Å². The van der Waals surface area contributed by atoms with Crippen LogP contribution in [0.25, 0.3) is 0 Å². The zero-order valence-corrected chi connectivity index (χ0v) is 13.1. The largest absolute Gasteiger partial charge is 0.481 e. The van der Waals surface area contributed by atoms with Crippen LogP contribution in [0, 0.1) is 5.92 Å². The third-order valence-electron chi connectivity index (χ3n) is 3.29. The first-order valence-electron chi connectivity index (χ1n) is 6.23. The number of nitrogens with one attached hydrogen (secondary N) is 2. The molecule has 8 nitrogen and oxygen atoms in total. The minimum atomic E-state index is -3.64. The van der Waals surface area contributed by atoms with Gasteiger partial charge < -0.3 is 15.0 Å². The summed E-state index contributed by atoms with van der Waals surface area (Å²) in [6, 6.07) is 0.647. The molecular formula is C12H19N3O5S. The first-order chi connectivity index (χ1) is 9.60. The second kappa shape index (κ2) is 6.27. The molecule has 0 aromatic carbocycles. The quantitative estimate of drug-likeness (QED) is 0.670. The van der Waals surface area contributed by atoms with E-state index in [0.29, 0.717) is 0 Å². The normalized spacial score (nSPS) is 14.5. The third-order valence-corrected chi connectivity index (χ3v) is 4.67. The molecule has 2 unspecified atom stereocenters. The number of carboxylic acid groups (broad SMARTS) is 1. The van der Waals surface area contributed by atoms with Crippen molar-refractivity contribution >= 4 is 21.9 Å². The fraction of sp³-hybridized carbons (Fsp3) is 0.500. The van der Waals surface area contributed by atoms with E-state index in [1.807, 2.05) is 0 Å². The van der Waals surface area contributed by atoms with E-state index in [2.05, 4.69) is 10.0 Å². The maximum absolute atomic E-state index is 12.1. The molecule has 0 aliphatic rings. The van der Waals surface area contributed by atoms with E-state index in [4.69, 9.17) is 5.11 Å². The summed E-state index contributed by atoms with van der Waals surface area (Å²) < 4.78 is 26.9. The zero-order valence-electron chi connectivity index (χ0n) is 12.2. The number of amides is 1. The van der Waals surface area contributed by atoms with Gasteiger partial charge in [-0.25, -0.2) is 13.1 Å². The van der Waals surface area contributed by atoms with Gasteiger partial charge in [-0.2, -0.15) is 0 Å². The van der Waals surface area contributed by atoms with Gasteiger partial charge in [0.2, 0.25) is 10.0 Å². The van der Waals surface area contributed by atoms with Gasteiger partial charge in [0.05, 0.1) is 5.92 Å². The molecule has 0 saturated carbocycles. The Morgan fingerprint density at radius 3 is 2.38 bits per heavy atom. The summed E-state index contributed by atoms with van der Waals surface area (Å²) in [7, 11) is -0.823. The molecule has 3 N–H and O–H groups in total. The second-order valence-electron chi connectivity index (χ2n) is 4.77. The highest BCUT2D eigenvalue weighted by Gasteiger charge is 2.24. The van der Waals surface area contributed by atoms with E-state index in [1.165, 1.54) is 37.8 Å². The number of carboxylic acids is 1. The molecule has 1 rings (SSSR count). The Labute approximate surface area is 123 Å². The Morgan fingerprint density at radius 2 is 1.90 bits per heavy atom. The summed E-state index contributed by atoms with van der Waals surface area (Å²) in [5.74, 6) is -2.31. The van der Waals surface area contributed by atoms with Crippen molar-refractivity contribution in [2.75, 3.05) is 7.05 Å². The predicted octanol–water partition coefficient (Wildman–Crippen LogP) is -0.228. The van der Waals surface area contributed by atoms with Gasteiger partial charge in [0.15, 0.2) is 0 Å². The van der Waals surface area contributed by atoms with Gasteiger partial charge in [-0.15, -0.1) is 0 Å². The molecule has 1 amide bonds. The number of aromatic nitrogens is 1. The van der Waals surface area contributed by atoms with E-state index < -0.39 is 33.9 Å². The van der Waals surface area contributed by atoms with Gasteiger partial charge in [-0.05, 0) is 27.0 Å². The summed E-state index contributed by atoms with van der Waals surface area (Å²) in [5, 5.41) is 11.4. The van der Waals surface area contributed by atoms with Gasteiger partial charge in [-0.1, -0.05) is 0 Å². The van der Waals surface area contributed by atoms with Crippen LogP contribution in [0.1, 0.15) is 24.3 Å². The predicted molar refractivity (Wildman–Crippen MR) is 75.4 cm³/mol. The minimum Gasteiger partial charge on any atom is -0.481 e. The lowest BCUT2D eigenvalue weighted by Crippen LogP contribution is -2.40. The van der Waals surface area contributed by atoms with Crippen molar-refractivity contribution in [2.45, 2.75) is 24.8 Å². The molecule has 0 fully saturated rings. The molecule has 1 aromatic heterocycles. The fourth-order valence-corrected chi connectivity index (χ4v) is 2.44. The smallest absolute Gasteiger partial charge is 0.308 e. The highest BCUT2D eigenvalue weighted by atomic mass is 32.2. The van der Waals surface area contributed by atoms with Crippen LogP contribution in [0.15, 0.2) is 17.2 Å². The van der Waals surface area contributed by atoms with Crippen molar-refractivity contribution in [3.63, 3.8) is 0 Å². The molecule has 0 aliphatic carbocycles. The first kappa shape index (κ1) is 17.2. The second-order valence-corrected chi connectivity index (χ2v) is 6.66. The number of aryl methyl sites for hydroxylation is 1. The zero-order chi connectivity index (χ0) is 16.4. The Balaban J connectivity index is 2.97. The molecule has 0 saturated heterocycles. The summed E-state index contributed by atoms with van der Waals surface area (Å²) in [4.78, 5) is 22.9. The van der Waals surface area contributed by atoms with Crippen molar-refractivity contribution in [3.8, 4) is 0 Å². The van der Waals surface area contributed by atoms with E-state index in [-0.39, 0.29) is 10.6 Å². The molecule has 21 heavy (non-hydrogen) atoms. The van der Waals surface area contributed by atoms with Gasteiger partial charge in [0.25, 0.3) is 5.91 Å². The van der Waals surface area contributed by atoms with Crippen molar-refractivity contribution in [1.82, 2.24) is 14.6 Å². The van der Waals surface area contributed by atoms with Gasteiger partial charge in [0, 0.05) is 19.3 Å². The Bertz CT molecular complexity index is 650. The summed E-state index contributed by atoms with van der Waals surface area (Å²) >= 11 is 0. The number of sulfonamides is 1. The van der Waals surface area contributed by atoms with E-state index in [9.17, 15) is 18.0 Å². The molecule has 0 radical (unpaired) electrons. The highest BCUT2D eigenvalue weighted by Crippen LogP contribution is 2.13. The number of hydrogen-bond donors (Lipinski definition) is 3. The average Bonchev–Trinajstić information content (AvgIpc) is 2.80. The SMILES string of the molecule is CNS(=O)(=O)c1cc(C(=O)NC(C)C(C)C(=O)O)n(C)c1. The molecular weight excluding hydrogens is 298 g/mol. The average molecular weight is 317 g/mol. The van der Waals surface area contributed by atoms with Crippen LogP contribution >= 0.6 is 0 Å². The van der Waals surface area contributed by atoms with Crippen LogP contribution in [-0.4, -0.2) is 43.1 Å². The van der Waals surface area contributed by atoms with Crippen molar-refractivity contribution in [2.24, 2.45) is 13.0 Å². The monoisotopic (exact) mass is 317 g/mol. The fourth-order valence-electron chi connectivity index (χ4n) is 1.64. The first-order valence-corrected chi connectivity index (χ1v) is 7.72. The standard InChI is InChI=1S/C12H19N3O5S/c1-7(12(17)18)8(2)14-11(16)10-5-9(6-15(10)4)21(19,20)13-3/h5-8,13H,1-4H3,(H,14,16)(H,17,18). The summed E-state index contributed by atoms with van der Waals surface area (Å²) in [6.07, 6.45) is 1.31. The Morgan fingerprint density at radius 1 is 1.33 bits per heavy atom. The molecule has 0 spiro atoms. The van der Waals surface area contributed by atoms with Crippen LogP contribution in [0.4, 0.5) is 0 Å². The summed E-state index contributed by atoms with van der Waals surface area (Å²) in [5.41, 5.74) is 0.133. The molecule has 1 aromatic rings. The Kier molecular flexibility index (Phi) is 5.13. The lowest BCUT2D eigenvalue weighted by Gasteiger charge is -2.17. The van der Waals surface area contributed by atoms with E-state index >= 15 is 0 Å². The molecule has 9 heteroatoms. The number of rotatable bonds is 6. The number of nitrogens with zero attached hydrogens (tertiary/aromatic N) is 1. The third kappa shape index (κ3) is 3.82. The van der Waals surface area contributed by atoms with Crippen LogP contribution in [0.3, 0.4) is 0 Å². The van der Waals surface area contributed by atoms with Gasteiger partial charge >= 0.3 is 5.97 Å². The summed E-state index contributed by atoms with van der Waals surface area (Å²) in [6.45, 7) is 3.06. The number of carbonyl (C=O) groups excluding carboxylic acids is 1. The van der Waals surface area contributed by atoms with Crippen LogP contribution in [0.5, 0.6) is 0 Å². The van der Waals surface area contributed by atoms with E-state index in [1.54, 1.807) is 6.92 Å². The molecule has 1 heterocycles. The molecule has 2 atom stereocenters. The van der Waals surface area contributed by atoms with Crippen molar-refractivity contribution < 1.29 is 23.1 Å². The van der Waals surface area contributed by atoms with Crippen LogP contribution in [0.2, 0.25) is 0 Å². The number of aliphatic carboxylic acids is 1. The number of hydrogen-bond acceptors (Lipinski definition) is 4. The van der Waals surface area contributed by atoms with Crippen LogP contribution in [-0.2, 0) is 21.9 Å². The Hall–Kier alpha value is -1.87. The molecule has 118 valence electrons. The highest BCUT2D eigenvalue weighted by molar-refractivity contribution is 7.89.